The fraction of sp³-hybridized carbons (Fsp3) is 0.190. The summed E-state index contributed by atoms with van der Waals surface area (Å²) in [5.74, 6) is -0.331. The molecule has 0 atom stereocenters. The van der Waals surface area contributed by atoms with Crippen LogP contribution in [0.3, 0.4) is 0 Å². The maximum Gasteiger partial charge on any atom is 0.294 e. The summed E-state index contributed by atoms with van der Waals surface area (Å²) >= 11 is 0.719. The Morgan fingerprint density at radius 3 is 2.23 bits per heavy atom. The SMILES string of the molecule is COc1ccc(NC(=O)CN2C(=O)S/C(=C/c3cc(OC)c(O)c(OC)c3)C2=O)cc1. The second kappa shape index (κ2) is 9.43. The van der Waals surface area contributed by atoms with Crippen LogP contribution in [0.1, 0.15) is 5.56 Å². The molecule has 3 rings (SSSR count). The van der Waals surface area contributed by atoms with Gasteiger partial charge in [-0.05, 0) is 59.8 Å². The monoisotopic (exact) mass is 444 g/mol. The fourth-order valence-electron chi connectivity index (χ4n) is 2.80. The number of anilines is 1. The molecule has 9 nitrogen and oxygen atoms in total. The molecule has 3 amide bonds. The summed E-state index contributed by atoms with van der Waals surface area (Å²) in [5, 5.41) is 12.1. The maximum absolute atomic E-state index is 12.7. The number of benzene rings is 2. The highest BCUT2D eigenvalue weighted by Crippen LogP contribution is 2.39. The van der Waals surface area contributed by atoms with Gasteiger partial charge in [0.15, 0.2) is 11.5 Å². The van der Waals surface area contributed by atoms with Crippen LogP contribution in [0.2, 0.25) is 0 Å². The van der Waals surface area contributed by atoms with Crippen LogP contribution in [0.15, 0.2) is 41.3 Å². The van der Waals surface area contributed by atoms with E-state index in [1.165, 1.54) is 39.5 Å². The molecule has 10 heteroatoms. The van der Waals surface area contributed by atoms with Crippen molar-refractivity contribution in [3.63, 3.8) is 0 Å². The van der Waals surface area contributed by atoms with Crippen molar-refractivity contribution in [1.29, 1.82) is 0 Å². The Labute approximate surface area is 182 Å². The average Bonchev–Trinajstić information content (AvgIpc) is 3.02. The number of aromatic hydroxyl groups is 1. The molecule has 1 saturated heterocycles. The Morgan fingerprint density at radius 1 is 1.06 bits per heavy atom. The van der Waals surface area contributed by atoms with E-state index in [1.807, 2.05) is 0 Å². The highest BCUT2D eigenvalue weighted by atomic mass is 32.2. The van der Waals surface area contributed by atoms with Crippen molar-refractivity contribution < 1.29 is 33.7 Å². The van der Waals surface area contributed by atoms with Gasteiger partial charge in [0.2, 0.25) is 11.7 Å². The van der Waals surface area contributed by atoms with Gasteiger partial charge in [-0.15, -0.1) is 0 Å². The molecule has 0 aliphatic carbocycles. The number of nitrogens with zero attached hydrogens (tertiary/aromatic N) is 1. The molecule has 1 aliphatic rings. The van der Waals surface area contributed by atoms with Crippen LogP contribution < -0.4 is 19.5 Å². The number of hydrogen-bond donors (Lipinski definition) is 2. The number of carbonyl (C=O) groups is 3. The number of phenolic OH excluding ortho intramolecular Hbond substituents is 1. The van der Waals surface area contributed by atoms with Gasteiger partial charge in [0.1, 0.15) is 12.3 Å². The lowest BCUT2D eigenvalue weighted by Gasteiger charge is -2.12. The third kappa shape index (κ3) is 4.92. The fourth-order valence-corrected chi connectivity index (χ4v) is 3.64. The van der Waals surface area contributed by atoms with Gasteiger partial charge in [-0.3, -0.25) is 19.3 Å². The first kappa shape index (κ1) is 22.0. The molecular weight excluding hydrogens is 424 g/mol. The first-order chi connectivity index (χ1) is 14.9. The zero-order valence-corrected chi connectivity index (χ0v) is 17.8. The third-order valence-electron chi connectivity index (χ3n) is 4.35. The number of hydrogen-bond acceptors (Lipinski definition) is 8. The molecule has 0 saturated carbocycles. The summed E-state index contributed by atoms with van der Waals surface area (Å²) in [4.78, 5) is 38.3. The summed E-state index contributed by atoms with van der Waals surface area (Å²) in [6.45, 7) is -0.420. The first-order valence-corrected chi connectivity index (χ1v) is 9.82. The van der Waals surface area contributed by atoms with Crippen LogP contribution in [-0.2, 0) is 9.59 Å². The van der Waals surface area contributed by atoms with Crippen LogP contribution in [0, 0.1) is 0 Å². The van der Waals surface area contributed by atoms with Crippen molar-refractivity contribution in [1.82, 2.24) is 4.90 Å². The minimum atomic E-state index is -0.592. The number of phenols is 1. The van der Waals surface area contributed by atoms with Crippen molar-refractivity contribution >= 4 is 40.6 Å². The van der Waals surface area contributed by atoms with Crippen molar-refractivity contribution in [3.8, 4) is 23.0 Å². The van der Waals surface area contributed by atoms with Crippen molar-refractivity contribution in [3.05, 3.63) is 46.9 Å². The largest absolute Gasteiger partial charge is 0.502 e. The topological polar surface area (TPSA) is 114 Å². The molecule has 2 N–H and O–H groups in total. The van der Waals surface area contributed by atoms with E-state index in [0.717, 1.165) is 16.7 Å². The van der Waals surface area contributed by atoms with Gasteiger partial charge in [-0.1, -0.05) is 0 Å². The normalized spacial score (nSPS) is 14.7. The molecule has 1 fully saturated rings. The highest BCUT2D eigenvalue weighted by molar-refractivity contribution is 8.18. The smallest absolute Gasteiger partial charge is 0.294 e. The van der Waals surface area contributed by atoms with Gasteiger partial charge < -0.3 is 24.6 Å². The number of carbonyl (C=O) groups excluding carboxylic acids is 3. The van der Waals surface area contributed by atoms with Gasteiger partial charge in [0.05, 0.1) is 26.2 Å². The number of thioether (sulfide) groups is 1. The average molecular weight is 444 g/mol. The van der Waals surface area contributed by atoms with Crippen molar-refractivity contribution in [2.45, 2.75) is 0 Å². The van der Waals surface area contributed by atoms with Crippen LogP contribution in [0.4, 0.5) is 10.5 Å². The number of imide groups is 1. The molecule has 2 aromatic carbocycles. The quantitative estimate of drug-likeness (QED) is 0.626. The Hall–Kier alpha value is -3.66. The van der Waals surface area contributed by atoms with E-state index in [2.05, 4.69) is 5.32 Å². The van der Waals surface area contributed by atoms with E-state index < -0.39 is 23.6 Å². The summed E-state index contributed by atoms with van der Waals surface area (Å²) in [5.41, 5.74) is 0.997. The molecule has 2 aromatic rings. The Bertz CT molecular complexity index is 1030. The molecule has 0 unspecified atom stereocenters. The van der Waals surface area contributed by atoms with Gasteiger partial charge in [-0.25, -0.2) is 0 Å². The summed E-state index contributed by atoms with van der Waals surface area (Å²) in [7, 11) is 4.30. The lowest BCUT2D eigenvalue weighted by molar-refractivity contribution is -0.127. The maximum atomic E-state index is 12.7. The number of nitrogens with one attached hydrogen (secondary N) is 1. The summed E-state index contributed by atoms with van der Waals surface area (Å²) < 4.78 is 15.2. The Balaban J connectivity index is 1.73. The zero-order valence-electron chi connectivity index (χ0n) is 17.0. The minimum Gasteiger partial charge on any atom is -0.502 e. The number of rotatable bonds is 7. The zero-order chi connectivity index (χ0) is 22.5. The molecule has 0 radical (unpaired) electrons. The second-order valence-electron chi connectivity index (χ2n) is 6.32. The second-order valence-corrected chi connectivity index (χ2v) is 7.31. The summed E-state index contributed by atoms with van der Waals surface area (Å²) in [6, 6.07) is 9.66. The molecule has 31 heavy (non-hydrogen) atoms. The molecule has 0 spiro atoms. The number of ether oxygens (including phenoxy) is 3. The minimum absolute atomic E-state index is 0.136. The van der Waals surface area contributed by atoms with Crippen LogP contribution in [0.25, 0.3) is 6.08 Å². The van der Waals surface area contributed by atoms with Crippen LogP contribution >= 0.6 is 11.8 Å². The molecular formula is C21H20N2O7S. The van der Waals surface area contributed by atoms with E-state index in [0.29, 0.717) is 17.0 Å². The standard InChI is InChI=1S/C21H20N2O7S/c1-28-14-6-4-13(5-7-14)22-18(24)11-23-20(26)17(31-21(23)27)10-12-8-15(29-2)19(25)16(9-12)30-3/h4-10,25H,11H2,1-3H3,(H,22,24)/b17-10+. The number of amides is 3. The van der Waals surface area contributed by atoms with E-state index in [4.69, 9.17) is 14.2 Å². The Morgan fingerprint density at radius 2 is 1.68 bits per heavy atom. The molecule has 1 aliphatic heterocycles. The van der Waals surface area contributed by atoms with E-state index in [1.54, 1.807) is 24.3 Å². The van der Waals surface area contributed by atoms with Crippen LogP contribution in [0.5, 0.6) is 23.0 Å². The predicted molar refractivity (Wildman–Crippen MR) is 116 cm³/mol. The van der Waals surface area contributed by atoms with Crippen LogP contribution in [-0.4, -0.2) is 54.9 Å². The highest BCUT2D eigenvalue weighted by Gasteiger charge is 2.36. The van der Waals surface area contributed by atoms with E-state index >= 15 is 0 Å². The van der Waals surface area contributed by atoms with E-state index in [-0.39, 0.29) is 22.2 Å². The van der Waals surface area contributed by atoms with Gasteiger partial charge in [0, 0.05) is 5.69 Å². The molecule has 0 aromatic heterocycles. The first-order valence-electron chi connectivity index (χ1n) is 9.00. The van der Waals surface area contributed by atoms with E-state index in [9.17, 15) is 19.5 Å². The van der Waals surface area contributed by atoms with Gasteiger partial charge in [-0.2, -0.15) is 0 Å². The van der Waals surface area contributed by atoms with Crippen molar-refractivity contribution in [2.75, 3.05) is 33.2 Å². The molecule has 0 bridgehead atoms. The predicted octanol–water partition coefficient (Wildman–Crippen LogP) is 3.09. The molecule has 1 heterocycles. The molecule has 162 valence electrons. The van der Waals surface area contributed by atoms with Gasteiger partial charge >= 0.3 is 0 Å². The lowest BCUT2D eigenvalue weighted by atomic mass is 10.1. The Kier molecular flexibility index (Phi) is 6.71. The van der Waals surface area contributed by atoms with Gasteiger partial charge in [0.25, 0.3) is 11.1 Å². The van der Waals surface area contributed by atoms with Crippen molar-refractivity contribution in [2.24, 2.45) is 0 Å². The summed E-state index contributed by atoms with van der Waals surface area (Å²) in [6.07, 6.45) is 1.47. The lowest BCUT2D eigenvalue weighted by Crippen LogP contribution is -2.36. The number of methoxy groups -OCH3 is 3. The third-order valence-corrected chi connectivity index (χ3v) is 5.26.